The van der Waals surface area contributed by atoms with Crippen LogP contribution in [0.3, 0.4) is 0 Å². The summed E-state index contributed by atoms with van der Waals surface area (Å²) in [5.41, 5.74) is 0.970. The van der Waals surface area contributed by atoms with Gasteiger partial charge < -0.3 is 9.64 Å². The molecule has 0 aliphatic carbocycles. The molecule has 0 spiro atoms. The fourth-order valence-electron chi connectivity index (χ4n) is 4.76. The van der Waals surface area contributed by atoms with Crippen molar-refractivity contribution in [2.24, 2.45) is 5.14 Å². The van der Waals surface area contributed by atoms with Crippen LogP contribution in [0.5, 0.6) is 5.75 Å². The van der Waals surface area contributed by atoms with E-state index in [4.69, 9.17) is 33.1 Å². The fraction of sp³-hybridized carbons (Fsp3) is 0.458. The van der Waals surface area contributed by atoms with E-state index < -0.39 is 10.0 Å². The molecule has 184 valence electrons. The molecule has 2 aliphatic heterocycles. The number of nitrogens with two attached hydrogens (primary N) is 1. The zero-order valence-electron chi connectivity index (χ0n) is 19.0. The Morgan fingerprint density at radius 1 is 0.971 bits per heavy atom. The Labute approximate surface area is 210 Å². The number of primary sulfonamides is 1. The van der Waals surface area contributed by atoms with Crippen molar-refractivity contribution < 1.29 is 17.9 Å². The van der Waals surface area contributed by atoms with Crippen LogP contribution in [0.1, 0.15) is 41.6 Å². The minimum Gasteiger partial charge on any atom is -0.490 e. The lowest BCUT2D eigenvalue weighted by molar-refractivity contribution is 0.0423. The maximum Gasteiger partial charge on any atom is 0.255 e. The van der Waals surface area contributed by atoms with Gasteiger partial charge in [-0.2, -0.15) is 0 Å². The van der Waals surface area contributed by atoms with Gasteiger partial charge in [-0.1, -0.05) is 34.8 Å². The van der Waals surface area contributed by atoms with E-state index in [1.807, 2.05) is 13.0 Å². The number of carbonyl (C=O) groups excluding carboxylic acids is 1. The molecule has 2 aliphatic rings. The van der Waals surface area contributed by atoms with Gasteiger partial charge in [0.15, 0.2) is 0 Å². The van der Waals surface area contributed by atoms with E-state index in [-0.39, 0.29) is 22.5 Å². The number of sulfonamides is 1. The Morgan fingerprint density at radius 3 is 2.26 bits per heavy atom. The quantitative estimate of drug-likeness (QED) is 0.634. The summed E-state index contributed by atoms with van der Waals surface area (Å²) in [5, 5.41) is 6.34. The Morgan fingerprint density at radius 2 is 1.65 bits per heavy atom. The van der Waals surface area contributed by atoms with E-state index in [1.54, 1.807) is 29.2 Å². The van der Waals surface area contributed by atoms with Crippen LogP contribution in [-0.4, -0.2) is 62.4 Å². The lowest BCUT2D eigenvalue weighted by atomic mass is 9.98. The molecule has 10 heteroatoms. The van der Waals surface area contributed by atoms with Crippen molar-refractivity contribution in [3.63, 3.8) is 0 Å². The van der Waals surface area contributed by atoms with E-state index in [0.29, 0.717) is 29.2 Å². The maximum atomic E-state index is 13.1. The van der Waals surface area contributed by atoms with Crippen LogP contribution in [0.2, 0.25) is 10.0 Å². The van der Waals surface area contributed by atoms with Crippen molar-refractivity contribution in [1.82, 2.24) is 9.80 Å². The largest absolute Gasteiger partial charge is 0.490 e. The number of hydrogen-bond acceptors (Lipinski definition) is 5. The molecular weight excluding hydrogens is 497 g/mol. The number of halogens is 2. The highest BCUT2D eigenvalue weighted by Crippen LogP contribution is 2.29. The van der Waals surface area contributed by atoms with Gasteiger partial charge in [0.25, 0.3) is 5.91 Å². The molecule has 4 rings (SSSR count). The molecule has 34 heavy (non-hydrogen) atoms. The number of aryl methyl sites for hydroxylation is 1. The smallest absolute Gasteiger partial charge is 0.255 e. The molecule has 2 heterocycles. The topological polar surface area (TPSA) is 92.9 Å². The van der Waals surface area contributed by atoms with Gasteiger partial charge in [0.1, 0.15) is 11.9 Å². The summed E-state index contributed by atoms with van der Waals surface area (Å²) in [5.74, 6) is 0.453. The van der Waals surface area contributed by atoms with E-state index in [0.717, 1.165) is 50.1 Å². The summed E-state index contributed by atoms with van der Waals surface area (Å²) in [6.07, 6.45) is 3.66. The summed E-state index contributed by atoms with van der Waals surface area (Å²) in [7, 11) is -3.98. The number of benzene rings is 2. The van der Waals surface area contributed by atoms with Crippen LogP contribution in [0.4, 0.5) is 0 Å². The van der Waals surface area contributed by atoms with Gasteiger partial charge in [-0.25, -0.2) is 13.6 Å². The van der Waals surface area contributed by atoms with Crippen LogP contribution in [0.15, 0.2) is 41.3 Å². The molecule has 0 bridgehead atoms. The van der Waals surface area contributed by atoms with E-state index >= 15 is 0 Å². The van der Waals surface area contributed by atoms with Crippen molar-refractivity contribution in [1.29, 1.82) is 0 Å². The van der Waals surface area contributed by atoms with Gasteiger partial charge >= 0.3 is 0 Å². The van der Waals surface area contributed by atoms with E-state index in [1.165, 1.54) is 6.07 Å². The molecule has 2 fully saturated rings. The van der Waals surface area contributed by atoms with Crippen LogP contribution < -0.4 is 9.88 Å². The van der Waals surface area contributed by atoms with Gasteiger partial charge in [0, 0.05) is 38.3 Å². The molecule has 2 aromatic carbocycles. The summed E-state index contributed by atoms with van der Waals surface area (Å²) in [6.45, 7) is 4.85. The van der Waals surface area contributed by atoms with Crippen molar-refractivity contribution >= 4 is 39.1 Å². The van der Waals surface area contributed by atoms with Crippen LogP contribution in [-0.2, 0) is 10.0 Å². The second kappa shape index (κ2) is 10.4. The van der Waals surface area contributed by atoms with Gasteiger partial charge in [-0.05, 0) is 56.9 Å². The lowest BCUT2D eigenvalue weighted by Gasteiger charge is -2.41. The van der Waals surface area contributed by atoms with Crippen molar-refractivity contribution in [3.8, 4) is 5.75 Å². The minimum atomic E-state index is -3.98. The van der Waals surface area contributed by atoms with Crippen molar-refractivity contribution in [2.45, 2.75) is 49.6 Å². The predicted octanol–water partition coefficient (Wildman–Crippen LogP) is 4.10. The van der Waals surface area contributed by atoms with Crippen molar-refractivity contribution in [3.05, 3.63) is 57.6 Å². The molecular formula is C24H29Cl2N3O4S. The molecule has 2 saturated heterocycles. The highest BCUT2D eigenvalue weighted by Gasteiger charge is 2.32. The zero-order chi connectivity index (χ0) is 24.5. The highest BCUT2D eigenvalue weighted by atomic mass is 35.5. The molecule has 1 amide bonds. The Bertz CT molecular complexity index is 1160. The number of carbonyl (C=O) groups is 1. The Hall–Kier alpha value is -1.84. The van der Waals surface area contributed by atoms with E-state index in [9.17, 15) is 13.2 Å². The molecule has 0 saturated carbocycles. The maximum absolute atomic E-state index is 13.1. The third-order valence-corrected chi connectivity index (χ3v) is 8.32. The van der Waals surface area contributed by atoms with Crippen LogP contribution in [0, 0.1) is 6.92 Å². The number of hydrogen-bond donors (Lipinski definition) is 1. The first-order chi connectivity index (χ1) is 16.1. The number of ether oxygens (including phenoxy) is 1. The average molecular weight is 526 g/mol. The van der Waals surface area contributed by atoms with Gasteiger partial charge in [-0.3, -0.25) is 9.69 Å². The first-order valence-corrected chi connectivity index (χ1v) is 13.7. The summed E-state index contributed by atoms with van der Waals surface area (Å²) < 4.78 is 30.0. The number of nitrogens with zero attached hydrogens (tertiary/aromatic N) is 2. The predicted molar refractivity (Wildman–Crippen MR) is 133 cm³/mol. The molecule has 0 radical (unpaired) electrons. The molecule has 0 aromatic heterocycles. The Kier molecular flexibility index (Phi) is 7.74. The van der Waals surface area contributed by atoms with E-state index in [2.05, 4.69) is 4.90 Å². The third kappa shape index (κ3) is 5.86. The summed E-state index contributed by atoms with van der Waals surface area (Å²) in [6, 6.07) is 10.4. The molecule has 2 N–H and O–H groups in total. The molecule has 0 atom stereocenters. The second-order valence-corrected chi connectivity index (χ2v) is 11.3. The van der Waals surface area contributed by atoms with Crippen LogP contribution in [0.25, 0.3) is 0 Å². The highest BCUT2D eigenvalue weighted by molar-refractivity contribution is 7.89. The van der Waals surface area contributed by atoms with Crippen LogP contribution >= 0.6 is 23.2 Å². The number of rotatable bonds is 5. The minimum absolute atomic E-state index is 0.116. The Balaban J connectivity index is 1.30. The second-order valence-electron chi connectivity index (χ2n) is 9.00. The zero-order valence-corrected chi connectivity index (χ0v) is 21.4. The summed E-state index contributed by atoms with van der Waals surface area (Å²) >= 11 is 12.1. The molecule has 7 nitrogen and oxygen atoms in total. The standard InChI is InChI=1S/C24H29Cl2N3O4S/c1-16-2-5-23(34(27,31)32)20(14-16)24(30)29-10-6-17(7-11-29)28-12-8-18(9-13-28)33-19-3-4-21(25)22(26)15-19/h2-5,14-15,17-18H,6-13H2,1H3,(H2,27,31,32). The molecule has 2 aromatic rings. The normalized spacial score (nSPS) is 18.8. The number of amides is 1. The number of likely N-dealkylation sites (tertiary alicyclic amines) is 2. The van der Waals surface area contributed by atoms with Gasteiger partial charge in [-0.15, -0.1) is 0 Å². The van der Waals surface area contributed by atoms with Gasteiger partial charge in [0.2, 0.25) is 10.0 Å². The summed E-state index contributed by atoms with van der Waals surface area (Å²) in [4.78, 5) is 17.2. The fourth-order valence-corrected chi connectivity index (χ4v) is 5.76. The average Bonchev–Trinajstić information content (AvgIpc) is 2.81. The SMILES string of the molecule is Cc1ccc(S(N)(=O)=O)c(C(=O)N2CCC(N3CCC(Oc4ccc(Cl)c(Cl)c4)CC3)CC2)c1. The lowest BCUT2D eigenvalue weighted by Crippen LogP contribution is -2.50. The third-order valence-electron chi connectivity index (χ3n) is 6.61. The van der Waals surface area contributed by atoms with Crippen molar-refractivity contribution in [2.75, 3.05) is 26.2 Å². The number of piperidine rings is 2. The van der Waals surface area contributed by atoms with Gasteiger partial charge in [0.05, 0.1) is 20.5 Å². The monoisotopic (exact) mass is 525 g/mol. The first kappa shape index (κ1) is 25.3. The molecule has 0 unspecified atom stereocenters. The first-order valence-electron chi connectivity index (χ1n) is 11.4.